The summed E-state index contributed by atoms with van der Waals surface area (Å²) in [6.07, 6.45) is -4.89. The van der Waals surface area contributed by atoms with E-state index in [0.29, 0.717) is 0 Å². The van der Waals surface area contributed by atoms with Crippen molar-refractivity contribution >= 4 is 23.7 Å². The van der Waals surface area contributed by atoms with Crippen LogP contribution in [0.1, 0.15) is 17.0 Å². The Hall–Kier alpha value is -3.79. The minimum atomic E-state index is -4.89. The summed E-state index contributed by atoms with van der Waals surface area (Å²) >= 11 is 0.816. The number of carbonyl (C=O) groups excluding carboxylic acids is 1. The van der Waals surface area contributed by atoms with Gasteiger partial charge in [-0.3, -0.25) is 4.79 Å². The van der Waals surface area contributed by atoms with Crippen LogP contribution in [0.15, 0.2) is 51.8 Å². The van der Waals surface area contributed by atoms with Crippen LogP contribution in [0.4, 0.5) is 23.6 Å². The zero-order valence-electron chi connectivity index (χ0n) is 16.7. The molecule has 3 aromatic rings. The number of aromatic nitrogens is 2. The zero-order chi connectivity index (χ0) is 24.0. The minimum absolute atomic E-state index is 0.0132. The number of nitrogens with two attached hydrogens (primary N) is 1. The molecule has 3 rings (SSSR count). The van der Waals surface area contributed by atoms with E-state index in [1.807, 2.05) is 6.07 Å². The van der Waals surface area contributed by atoms with Crippen molar-refractivity contribution in [3.8, 4) is 11.8 Å². The van der Waals surface area contributed by atoms with Gasteiger partial charge in [-0.1, -0.05) is 23.3 Å². The van der Waals surface area contributed by atoms with Crippen LogP contribution in [-0.2, 0) is 17.9 Å². The summed E-state index contributed by atoms with van der Waals surface area (Å²) in [5.74, 6) is -2.01. The molecule has 0 atom stereocenters. The molecule has 1 aromatic heterocycles. The summed E-state index contributed by atoms with van der Waals surface area (Å²) in [6.45, 7) is -0.441. The van der Waals surface area contributed by atoms with Crippen LogP contribution in [-0.4, -0.2) is 33.1 Å². The summed E-state index contributed by atoms with van der Waals surface area (Å²) < 4.78 is 61.3. The predicted molar refractivity (Wildman–Crippen MR) is 108 cm³/mol. The standard InChI is InChI=1S/C20H15F4N5O3S/c21-14-7-12(8-25)5-6-13(14)9-29(10-17-27-28-19(26)31-17)18(30)11-33-16-4-2-1-3-15(16)32-20(22,23)24/h1-7H,9-11H2,(H2,26,28). The van der Waals surface area contributed by atoms with Crippen molar-refractivity contribution in [1.29, 1.82) is 5.26 Å². The molecule has 1 heterocycles. The summed E-state index contributed by atoms with van der Waals surface area (Å²) in [4.78, 5) is 14.2. The van der Waals surface area contributed by atoms with E-state index in [1.165, 1.54) is 35.2 Å². The maximum absolute atomic E-state index is 14.4. The quantitative estimate of drug-likeness (QED) is 0.380. The van der Waals surface area contributed by atoms with Crippen LogP contribution in [0.5, 0.6) is 5.75 Å². The summed E-state index contributed by atoms with van der Waals surface area (Å²) in [6, 6.07) is 10.7. The van der Waals surface area contributed by atoms with Gasteiger partial charge in [0.15, 0.2) is 0 Å². The van der Waals surface area contributed by atoms with Gasteiger partial charge in [-0.2, -0.15) is 5.26 Å². The monoisotopic (exact) mass is 481 g/mol. The number of nitriles is 1. The molecule has 2 aromatic carbocycles. The normalized spacial score (nSPS) is 11.1. The van der Waals surface area contributed by atoms with Crippen molar-refractivity contribution in [2.24, 2.45) is 0 Å². The lowest BCUT2D eigenvalue weighted by Gasteiger charge is -2.22. The number of hydrogen-bond donors (Lipinski definition) is 1. The number of nitrogen functional groups attached to an aromatic ring is 1. The average Bonchev–Trinajstić information content (AvgIpc) is 3.17. The molecule has 2 N–H and O–H groups in total. The van der Waals surface area contributed by atoms with Gasteiger partial charge in [0.1, 0.15) is 11.6 Å². The van der Waals surface area contributed by atoms with Crippen molar-refractivity contribution in [3.63, 3.8) is 0 Å². The van der Waals surface area contributed by atoms with Crippen LogP contribution in [0.3, 0.4) is 0 Å². The fraction of sp³-hybridized carbons (Fsp3) is 0.200. The molecule has 0 saturated heterocycles. The highest BCUT2D eigenvalue weighted by Crippen LogP contribution is 2.33. The van der Waals surface area contributed by atoms with Gasteiger partial charge in [-0.25, -0.2) is 4.39 Å². The fourth-order valence-electron chi connectivity index (χ4n) is 2.69. The second-order valence-corrected chi connectivity index (χ2v) is 7.50. The SMILES string of the molecule is N#Cc1ccc(CN(Cc2nnc(N)o2)C(=O)CSc2ccccc2OC(F)(F)F)c(F)c1. The van der Waals surface area contributed by atoms with Gasteiger partial charge in [0.2, 0.25) is 11.8 Å². The largest absolute Gasteiger partial charge is 0.573 e. The van der Waals surface area contributed by atoms with E-state index in [-0.39, 0.29) is 46.8 Å². The van der Waals surface area contributed by atoms with Gasteiger partial charge < -0.3 is 19.8 Å². The number of alkyl halides is 3. The second kappa shape index (κ2) is 10.2. The Kier molecular flexibility index (Phi) is 7.39. The molecule has 0 spiro atoms. The van der Waals surface area contributed by atoms with E-state index in [4.69, 9.17) is 15.4 Å². The summed E-state index contributed by atoms with van der Waals surface area (Å²) in [5.41, 5.74) is 5.62. The number of rotatable bonds is 8. The number of halogens is 4. The molecule has 8 nitrogen and oxygen atoms in total. The maximum atomic E-state index is 14.4. The summed E-state index contributed by atoms with van der Waals surface area (Å²) in [5, 5.41) is 16.1. The van der Waals surface area contributed by atoms with Crippen molar-refractivity contribution in [1.82, 2.24) is 15.1 Å². The molecule has 0 fully saturated rings. The first-order valence-electron chi connectivity index (χ1n) is 9.16. The van der Waals surface area contributed by atoms with Gasteiger partial charge in [-0.05, 0) is 24.3 Å². The third kappa shape index (κ3) is 6.84. The van der Waals surface area contributed by atoms with E-state index in [0.717, 1.165) is 23.9 Å². The highest BCUT2D eigenvalue weighted by Gasteiger charge is 2.32. The summed E-state index contributed by atoms with van der Waals surface area (Å²) in [7, 11) is 0. The van der Waals surface area contributed by atoms with Gasteiger partial charge in [0, 0.05) is 12.1 Å². The van der Waals surface area contributed by atoms with Crippen LogP contribution in [0.25, 0.3) is 0 Å². The minimum Gasteiger partial charge on any atom is -0.406 e. The molecule has 0 bridgehead atoms. The van der Waals surface area contributed by atoms with E-state index in [9.17, 15) is 22.4 Å². The van der Waals surface area contributed by atoms with Crippen LogP contribution >= 0.6 is 11.8 Å². The Morgan fingerprint density at radius 2 is 1.97 bits per heavy atom. The van der Waals surface area contributed by atoms with Crippen LogP contribution in [0, 0.1) is 17.1 Å². The van der Waals surface area contributed by atoms with Gasteiger partial charge in [0.25, 0.3) is 0 Å². The molecule has 13 heteroatoms. The third-order valence-electron chi connectivity index (χ3n) is 4.13. The highest BCUT2D eigenvalue weighted by molar-refractivity contribution is 8.00. The molecule has 33 heavy (non-hydrogen) atoms. The Bertz CT molecular complexity index is 1180. The molecule has 0 radical (unpaired) electrons. The van der Waals surface area contributed by atoms with Gasteiger partial charge in [0.05, 0.1) is 28.8 Å². The van der Waals surface area contributed by atoms with Crippen molar-refractivity contribution in [2.45, 2.75) is 24.3 Å². The number of nitrogens with zero attached hydrogens (tertiary/aromatic N) is 4. The number of para-hydroxylation sites is 1. The molecule has 0 unspecified atom stereocenters. The lowest BCUT2D eigenvalue weighted by atomic mass is 10.1. The molecule has 0 saturated carbocycles. The van der Waals surface area contributed by atoms with Crippen LogP contribution < -0.4 is 10.5 Å². The van der Waals surface area contributed by atoms with Crippen molar-refractivity contribution < 1.29 is 31.5 Å². The highest BCUT2D eigenvalue weighted by atomic mass is 32.2. The number of thioether (sulfide) groups is 1. The molecular formula is C20H15F4N5O3S. The fourth-order valence-corrected chi connectivity index (χ4v) is 3.57. The average molecular weight is 481 g/mol. The van der Waals surface area contributed by atoms with E-state index in [1.54, 1.807) is 0 Å². The first kappa shape index (κ1) is 23.9. The first-order valence-corrected chi connectivity index (χ1v) is 10.1. The number of benzene rings is 2. The molecular weight excluding hydrogens is 466 g/mol. The van der Waals surface area contributed by atoms with Gasteiger partial charge in [-0.15, -0.1) is 30.0 Å². The van der Waals surface area contributed by atoms with Crippen molar-refractivity contribution in [2.75, 3.05) is 11.5 Å². The zero-order valence-corrected chi connectivity index (χ0v) is 17.5. The molecule has 0 aliphatic heterocycles. The number of ether oxygens (including phenoxy) is 1. The van der Waals surface area contributed by atoms with Gasteiger partial charge >= 0.3 is 12.4 Å². The Morgan fingerprint density at radius 1 is 1.21 bits per heavy atom. The number of anilines is 1. The Morgan fingerprint density at radius 3 is 2.61 bits per heavy atom. The lowest BCUT2D eigenvalue weighted by Crippen LogP contribution is -2.32. The smallest absolute Gasteiger partial charge is 0.406 e. The van der Waals surface area contributed by atoms with Crippen LogP contribution in [0.2, 0.25) is 0 Å². The first-order chi connectivity index (χ1) is 15.6. The number of hydrogen-bond acceptors (Lipinski definition) is 8. The third-order valence-corrected chi connectivity index (χ3v) is 5.17. The topological polar surface area (TPSA) is 118 Å². The molecule has 0 aliphatic rings. The lowest BCUT2D eigenvalue weighted by molar-refractivity contribution is -0.275. The van der Waals surface area contributed by atoms with Crippen molar-refractivity contribution in [3.05, 3.63) is 65.3 Å². The van der Waals surface area contributed by atoms with E-state index >= 15 is 0 Å². The second-order valence-electron chi connectivity index (χ2n) is 6.49. The van der Waals surface area contributed by atoms with E-state index in [2.05, 4.69) is 14.9 Å². The molecule has 0 aliphatic carbocycles. The molecule has 1 amide bonds. The number of carbonyl (C=O) groups is 1. The van der Waals surface area contributed by atoms with E-state index < -0.39 is 23.8 Å². The number of amides is 1. The Labute approximate surface area is 188 Å². The molecule has 172 valence electrons. The maximum Gasteiger partial charge on any atom is 0.573 e. The predicted octanol–water partition coefficient (Wildman–Crippen LogP) is 3.88. The Balaban J connectivity index is 1.78.